The molecule has 1 aromatic carbocycles. The molecule has 1 N–H and O–H groups in total. The monoisotopic (exact) mass is 434 g/mol. The molecule has 31 heavy (non-hydrogen) atoms. The largest absolute Gasteiger partial charge is 0.507 e. The number of aromatic nitrogens is 1. The molecule has 1 unspecified atom stereocenters. The molecule has 3 heterocycles. The minimum absolute atomic E-state index is 0.0936. The maximum absolute atomic E-state index is 13.1. The van der Waals surface area contributed by atoms with E-state index in [9.17, 15) is 14.7 Å². The zero-order chi connectivity index (χ0) is 22.1. The molecule has 6 nitrogen and oxygen atoms in total. The number of ketones is 1. The van der Waals surface area contributed by atoms with Crippen LogP contribution in [0.1, 0.15) is 33.3 Å². The van der Waals surface area contributed by atoms with E-state index in [0.717, 1.165) is 16.0 Å². The third-order valence-corrected chi connectivity index (χ3v) is 6.49. The quantitative estimate of drug-likeness (QED) is 0.366. The van der Waals surface area contributed by atoms with Crippen LogP contribution in [-0.4, -0.2) is 33.8 Å². The molecule has 158 valence electrons. The van der Waals surface area contributed by atoms with Gasteiger partial charge in [-0.25, -0.2) is 0 Å². The van der Waals surface area contributed by atoms with E-state index >= 15 is 0 Å². The van der Waals surface area contributed by atoms with Gasteiger partial charge in [0.1, 0.15) is 17.6 Å². The summed E-state index contributed by atoms with van der Waals surface area (Å²) in [7, 11) is 1.57. The van der Waals surface area contributed by atoms with Gasteiger partial charge in [-0.2, -0.15) is 0 Å². The lowest BCUT2D eigenvalue weighted by atomic mass is 9.97. The van der Waals surface area contributed by atoms with Crippen molar-refractivity contribution in [3.8, 4) is 5.75 Å². The molecular weight excluding hydrogens is 412 g/mol. The second kappa shape index (κ2) is 8.35. The summed E-state index contributed by atoms with van der Waals surface area (Å²) in [6, 6.07) is 11.9. The highest BCUT2D eigenvalue weighted by atomic mass is 32.1. The van der Waals surface area contributed by atoms with Gasteiger partial charge in [0.15, 0.2) is 0 Å². The lowest BCUT2D eigenvalue weighted by Crippen LogP contribution is -2.29. The standard InChI is InChI=1S/C24H22N2O4S/c1-14-9-11-31-23(14)20-19(21(27)16-7-8-18(30-3)15(2)12-16)22(28)24(29)26(20)13-17-6-4-5-10-25-17/h4-12,20,27H,13H2,1-3H3/b21-19-. The number of thiophene rings is 1. The molecule has 1 aliphatic heterocycles. The molecule has 1 atom stereocenters. The number of aliphatic hydroxyl groups is 1. The third kappa shape index (κ3) is 3.72. The van der Waals surface area contributed by atoms with Gasteiger partial charge in [0.2, 0.25) is 0 Å². The van der Waals surface area contributed by atoms with Crippen LogP contribution in [0.4, 0.5) is 0 Å². The Hall–Kier alpha value is -3.45. The maximum Gasteiger partial charge on any atom is 0.296 e. The van der Waals surface area contributed by atoms with E-state index < -0.39 is 17.7 Å². The predicted molar refractivity (Wildman–Crippen MR) is 119 cm³/mol. The van der Waals surface area contributed by atoms with E-state index in [1.807, 2.05) is 37.4 Å². The van der Waals surface area contributed by atoms with Crippen molar-refractivity contribution in [2.24, 2.45) is 0 Å². The smallest absolute Gasteiger partial charge is 0.296 e. The Morgan fingerprint density at radius 3 is 2.58 bits per heavy atom. The topological polar surface area (TPSA) is 79.7 Å². The first-order valence-corrected chi connectivity index (χ1v) is 10.7. The van der Waals surface area contributed by atoms with Gasteiger partial charge in [-0.15, -0.1) is 11.3 Å². The minimum atomic E-state index is -0.695. The Morgan fingerprint density at radius 1 is 1.16 bits per heavy atom. The Balaban J connectivity index is 1.86. The molecular formula is C24H22N2O4S. The molecule has 7 heteroatoms. The number of likely N-dealkylation sites (tertiary alicyclic amines) is 1. The number of nitrogens with zero attached hydrogens (tertiary/aromatic N) is 2. The van der Waals surface area contributed by atoms with Crippen molar-refractivity contribution in [1.29, 1.82) is 0 Å². The number of aliphatic hydroxyl groups excluding tert-OH is 1. The molecule has 0 radical (unpaired) electrons. The first-order valence-electron chi connectivity index (χ1n) is 9.79. The highest BCUT2D eigenvalue weighted by Gasteiger charge is 2.47. The minimum Gasteiger partial charge on any atom is -0.507 e. The molecule has 1 saturated heterocycles. The van der Waals surface area contributed by atoms with Crippen LogP contribution in [0.2, 0.25) is 0 Å². The number of aryl methyl sites for hydroxylation is 2. The van der Waals surface area contributed by atoms with Crippen molar-refractivity contribution in [3.05, 3.63) is 86.9 Å². The van der Waals surface area contributed by atoms with E-state index in [0.29, 0.717) is 17.0 Å². The van der Waals surface area contributed by atoms with Crippen LogP contribution < -0.4 is 4.74 Å². The number of benzene rings is 1. The van der Waals surface area contributed by atoms with Crippen molar-refractivity contribution in [2.75, 3.05) is 7.11 Å². The van der Waals surface area contributed by atoms with E-state index in [4.69, 9.17) is 4.74 Å². The van der Waals surface area contributed by atoms with Crippen LogP contribution in [0.15, 0.2) is 59.6 Å². The highest BCUT2D eigenvalue weighted by Crippen LogP contribution is 2.43. The van der Waals surface area contributed by atoms with Crippen LogP contribution in [0.25, 0.3) is 5.76 Å². The fourth-order valence-corrected chi connectivity index (χ4v) is 4.87. The number of pyridine rings is 1. The number of hydrogen-bond acceptors (Lipinski definition) is 6. The Bertz CT molecular complexity index is 1180. The number of rotatable bonds is 5. The maximum atomic E-state index is 13.1. The summed E-state index contributed by atoms with van der Waals surface area (Å²) >= 11 is 1.46. The van der Waals surface area contributed by atoms with Crippen molar-refractivity contribution in [3.63, 3.8) is 0 Å². The fourth-order valence-electron chi connectivity index (χ4n) is 3.83. The molecule has 2 aromatic heterocycles. The summed E-state index contributed by atoms with van der Waals surface area (Å²) < 4.78 is 5.29. The molecule has 0 saturated carbocycles. The van der Waals surface area contributed by atoms with Gasteiger partial charge in [-0.3, -0.25) is 14.6 Å². The second-order valence-corrected chi connectivity index (χ2v) is 8.35. The molecule has 3 aromatic rings. The van der Waals surface area contributed by atoms with Gasteiger partial charge in [-0.1, -0.05) is 6.07 Å². The number of ether oxygens (including phenoxy) is 1. The second-order valence-electron chi connectivity index (χ2n) is 7.40. The van der Waals surface area contributed by atoms with Crippen LogP contribution in [0.5, 0.6) is 5.75 Å². The molecule has 1 aliphatic rings. The normalized spacial score (nSPS) is 17.9. The van der Waals surface area contributed by atoms with E-state index in [1.54, 1.807) is 37.6 Å². The molecule has 0 spiro atoms. The lowest BCUT2D eigenvalue weighted by molar-refractivity contribution is -0.140. The number of methoxy groups -OCH3 is 1. The van der Waals surface area contributed by atoms with Gasteiger partial charge in [0.25, 0.3) is 11.7 Å². The molecule has 1 fully saturated rings. The summed E-state index contributed by atoms with van der Waals surface area (Å²) in [5.41, 5.74) is 3.01. The highest BCUT2D eigenvalue weighted by molar-refractivity contribution is 7.10. The van der Waals surface area contributed by atoms with Gasteiger partial charge in [0.05, 0.1) is 24.9 Å². The SMILES string of the molecule is COc1ccc(/C(O)=C2/C(=O)C(=O)N(Cc3ccccn3)C2c2sccc2C)cc1C. The van der Waals surface area contributed by atoms with Gasteiger partial charge in [-0.05, 0) is 66.8 Å². The van der Waals surface area contributed by atoms with Crippen LogP contribution in [-0.2, 0) is 16.1 Å². The third-order valence-electron chi connectivity index (χ3n) is 5.42. The fraction of sp³-hybridized carbons (Fsp3) is 0.208. The number of carbonyl (C=O) groups is 2. The molecule has 0 bridgehead atoms. The van der Waals surface area contributed by atoms with Crippen LogP contribution in [0, 0.1) is 13.8 Å². The molecule has 4 rings (SSSR count). The summed E-state index contributed by atoms with van der Waals surface area (Å²) in [5, 5.41) is 13.1. The summed E-state index contributed by atoms with van der Waals surface area (Å²) in [4.78, 5) is 32.8. The van der Waals surface area contributed by atoms with Gasteiger partial charge in [0, 0.05) is 16.6 Å². The number of hydrogen-bond donors (Lipinski definition) is 1. The summed E-state index contributed by atoms with van der Waals surface area (Å²) in [5.74, 6) is -0.849. The predicted octanol–water partition coefficient (Wildman–Crippen LogP) is 4.39. The number of amides is 1. The van der Waals surface area contributed by atoms with Crippen LogP contribution in [0.3, 0.4) is 0 Å². The van der Waals surface area contributed by atoms with Crippen molar-refractivity contribution in [2.45, 2.75) is 26.4 Å². The number of Topliss-reactive ketones (excluding diaryl/α,β-unsaturated/α-hetero) is 1. The van der Waals surface area contributed by atoms with Crippen molar-refractivity contribution >= 4 is 28.8 Å². The number of carbonyl (C=O) groups excluding carboxylic acids is 2. The first kappa shape index (κ1) is 20.8. The van der Waals surface area contributed by atoms with E-state index in [2.05, 4.69) is 4.98 Å². The average Bonchev–Trinajstić information content (AvgIpc) is 3.29. The first-order chi connectivity index (χ1) is 14.9. The van der Waals surface area contributed by atoms with E-state index in [1.165, 1.54) is 16.2 Å². The lowest BCUT2D eigenvalue weighted by Gasteiger charge is -2.24. The van der Waals surface area contributed by atoms with Crippen molar-refractivity contribution < 1.29 is 19.4 Å². The van der Waals surface area contributed by atoms with E-state index in [-0.39, 0.29) is 17.9 Å². The zero-order valence-corrected chi connectivity index (χ0v) is 18.3. The van der Waals surface area contributed by atoms with Crippen LogP contribution >= 0.6 is 11.3 Å². The Morgan fingerprint density at radius 2 is 1.97 bits per heavy atom. The van der Waals surface area contributed by atoms with Gasteiger partial charge >= 0.3 is 0 Å². The summed E-state index contributed by atoms with van der Waals surface area (Å²) in [6.45, 7) is 3.96. The molecule has 1 amide bonds. The Labute approximate surface area is 184 Å². The summed E-state index contributed by atoms with van der Waals surface area (Å²) in [6.07, 6.45) is 1.65. The Kier molecular flexibility index (Phi) is 5.61. The average molecular weight is 435 g/mol. The zero-order valence-electron chi connectivity index (χ0n) is 17.5. The van der Waals surface area contributed by atoms with Crippen molar-refractivity contribution in [1.82, 2.24) is 9.88 Å². The van der Waals surface area contributed by atoms with Gasteiger partial charge < -0.3 is 14.7 Å². The molecule has 0 aliphatic carbocycles.